The van der Waals surface area contributed by atoms with Crippen LogP contribution in [-0.2, 0) is 11.2 Å². The van der Waals surface area contributed by atoms with Crippen LogP contribution in [0.5, 0.6) is 0 Å². The molecule has 142 valence electrons. The van der Waals surface area contributed by atoms with Crippen LogP contribution in [0.1, 0.15) is 37.4 Å². The maximum absolute atomic E-state index is 13.0. The second kappa shape index (κ2) is 8.23. The summed E-state index contributed by atoms with van der Waals surface area (Å²) in [5.41, 5.74) is 0. The van der Waals surface area contributed by atoms with E-state index in [4.69, 9.17) is 0 Å². The van der Waals surface area contributed by atoms with E-state index in [0.29, 0.717) is 6.04 Å². The van der Waals surface area contributed by atoms with Crippen molar-refractivity contribution >= 4 is 39.2 Å². The third-order valence-corrected chi connectivity index (χ3v) is 7.35. The van der Waals surface area contributed by atoms with Crippen molar-refractivity contribution in [2.75, 3.05) is 27.2 Å². The van der Waals surface area contributed by atoms with Gasteiger partial charge in [-0.3, -0.25) is 4.79 Å². The molecule has 0 N–H and O–H groups in total. The molecule has 1 unspecified atom stereocenters. The van der Waals surface area contributed by atoms with Crippen molar-refractivity contribution in [1.29, 1.82) is 0 Å². The average molecular weight is 393 g/mol. The number of aryl methyl sites for hydroxylation is 2. The van der Waals surface area contributed by atoms with Crippen molar-refractivity contribution in [3.8, 4) is 0 Å². The summed E-state index contributed by atoms with van der Waals surface area (Å²) in [4.78, 5) is 28.8. The molecule has 7 heteroatoms. The lowest BCUT2D eigenvalue weighted by Gasteiger charge is -2.36. The van der Waals surface area contributed by atoms with Gasteiger partial charge in [0.2, 0.25) is 5.91 Å². The molecule has 1 fully saturated rings. The van der Waals surface area contributed by atoms with E-state index in [-0.39, 0.29) is 11.2 Å². The Morgan fingerprint density at radius 2 is 2.12 bits per heavy atom. The summed E-state index contributed by atoms with van der Waals surface area (Å²) >= 11 is 3.29. The lowest BCUT2D eigenvalue weighted by Crippen LogP contribution is -2.46. The summed E-state index contributed by atoms with van der Waals surface area (Å²) in [6.07, 6.45) is 3.10. The van der Waals surface area contributed by atoms with Gasteiger partial charge in [0.05, 0.1) is 5.25 Å². The van der Waals surface area contributed by atoms with Crippen LogP contribution in [0.15, 0.2) is 11.1 Å². The van der Waals surface area contributed by atoms with Crippen molar-refractivity contribution in [2.24, 2.45) is 0 Å². The summed E-state index contributed by atoms with van der Waals surface area (Å²) in [6.45, 7) is 8.19. The number of amides is 1. The van der Waals surface area contributed by atoms with Gasteiger partial charge in [-0.25, -0.2) is 9.97 Å². The van der Waals surface area contributed by atoms with E-state index in [2.05, 4.69) is 34.9 Å². The molecule has 1 atom stereocenters. The van der Waals surface area contributed by atoms with E-state index in [0.717, 1.165) is 53.4 Å². The van der Waals surface area contributed by atoms with Crippen molar-refractivity contribution in [3.05, 3.63) is 16.8 Å². The molecule has 1 saturated heterocycles. The highest BCUT2D eigenvalue weighted by molar-refractivity contribution is 8.00. The molecule has 0 bridgehead atoms. The molecule has 5 nitrogen and oxygen atoms in total. The predicted octanol–water partition coefficient (Wildman–Crippen LogP) is 3.60. The fourth-order valence-corrected chi connectivity index (χ4v) is 5.52. The molecule has 1 amide bonds. The second-order valence-electron chi connectivity index (χ2n) is 7.10. The average Bonchev–Trinajstić information content (AvgIpc) is 3.04. The van der Waals surface area contributed by atoms with E-state index < -0.39 is 0 Å². The molecule has 0 aromatic carbocycles. The molecule has 26 heavy (non-hydrogen) atoms. The van der Waals surface area contributed by atoms with E-state index in [1.807, 2.05) is 25.8 Å². The number of nitrogens with zero attached hydrogens (tertiary/aromatic N) is 4. The van der Waals surface area contributed by atoms with E-state index in [1.54, 1.807) is 23.1 Å². The monoisotopic (exact) mass is 392 g/mol. The van der Waals surface area contributed by atoms with Gasteiger partial charge in [-0.2, -0.15) is 0 Å². The topological polar surface area (TPSA) is 49.3 Å². The predicted molar refractivity (Wildman–Crippen MR) is 110 cm³/mol. The zero-order valence-corrected chi connectivity index (χ0v) is 17.9. The number of thioether (sulfide) groups is 1. The smallest absolute Gasteiger partial charge is 0.235 e. The Morgan fingerprint density at radius 1 is 1.42 bits per heavy atom. The molecule has 3 heterocycles. The highest BCUT2D eigenvalue weighted by atomic mass is 32.2. The summed E-state index contributed by atoms with van der Waals surface area (Å²) in [6, 6.07) is 2.53. The Labute approximate surface area is 164 Å². The number of thiophene rings is 1. The summed E-state index contributed by atoms with van der Waals surface area (Å²) in [7, 11) is 4.10. The number of piperidine rings is 1. The fourth-order valence-electron chi connectivity index (χ4n) is 3.38. The van der Waals surface area contributed by atoms with Crippen molar-refractivity contribution in [1.82, 2.24) is 19.8 Å². The van der Waals surface area contributed by atoms with Gasteiger partial charge < -0.3 is 9.80 Å². The number of aromatic nitrogens is 2. The van der Waals surface area contributed by atoms with Crippen LogP contribution in [0, 0.1) is 6.92 Å². The normalized spacial score (nSPS) is 17.6. The molecule has 1 aliphatic rings. The molecule has 0 radical (unpaired) electrons. The Bertz CT molecular complexity index is 783. The molecule has 0 spiro atoms. The van der Waals surface area contributed by atoms with Gasteiger partial charge in [-0.15, -0.1) is 11.3 Å². The number of carbonyl (C=O) groups excluding carboxylic acids is 1. The molecule has 0 aliphatic carbocycles. The zero-order valence-electron chi connectivity index (χ0n) is 16.3. The van der Waals surface area contributed by atoms with Gasteiger partial charge in [0.15, 0.2) is 0 Å². The van der Waals surface area contributed by atoms with E-state index >= 15 is 0 Å². The van der Waals surface area contributed by atoms with Crippen LogP contribution in [0.4, 0.5) is 0 Å². The van der Waals surface area contributed by atoms with Gasteiger partial charge in [0, 0.05) is 23.4 Å². The molecule has 1 aliphatic heterocycles. The third-order valence-electron chi connectivity index (χ3n) is 5.09. The number of carbonyl (C=O) groups is 1. The highest BCUT2D eigenvalue weighted by Crippen LogP contribution is 2.34. The zero-order chi connectivity index (χ0) is 18.8. The lowest BCUT2D eigenvalue weighted by atomic mass is 10.0. The molecular weight excluding hydrogens is 364 g/mol. The van der Waals surface area contributed by atoms with Gasteiger partial charge >= 0.3 is 0 Å². The highest BCUT2D eigenvalue weighted by Gasteiger charge is 2.28. The van der Waals surface area contributed by atoms with Crippen molar-refractivity contribution in [3.63, 3.8) is 0 Å². The Morgan fingerprint density at radius 3 is 2.77 bits per heavy atom. The molecular formula is C19H28N4OS2. The van der Waals surface area contributed by atoms with Crippen LogP contribution >= 0.6 is 23.1 Å². The van der Waals surface area contributed by atoms with Crippen LogP contribution in [-0.4, -0.2) is 64.2 Å². The number of hydrogen-bond donors (Lipinski definition) is 0. The van der Waals surface area contributed by atoms with Gasteiger partial charge in [-0.1, -0.05) is 18.7 Å². The standard InChI is InChI=1S/C19H28N4OS2/c1-6-15-11-16-17(20-13(3)21-18(16)26-15)25-12(2)19(24)23(5)14-7-9-22(4)10-8-14/h11-12,14H,6-10H2,1-5H3. The quantitative estimate of drug-likeness (QED) is 0.575. The molecule has 3 rings (SSSR count). The Balaban J connectivity index is 1.74. The Hall–Kier alpha value is -1.18. The SMILES string of the molecule is CCc1cc2c(SC(C)C(=O)N(C)C3CCN(C)CC3)nc(C)nc2s1. The van der Waals surface area contributed by atoms with Crippen LogP contribution < -0.4 is 0 Å². The molecule has 2 aromatic heterocycles. The molecule has 2 aromatic rings. The summed E-state index contributed by atoms with van der Waals surface area (Å²) in [5, 5.41) is 1.87. The molecule has 0 saturated carbocycles. The van der Waals surface area contributed by atoms with Gasteiger partial charge in [-0.05, 0) is 59.3 Å². The van der Waals surface area contributed by atoms with Crippen LogP contribution in [0.25, 0.3) is 10.2 Å². The Kier molecular flexibility index (Phi) is 6.20. The summed E-state index contributed by atoms with van der Waals surface area (Å²) < 4.78 is 0. The van der Waals surface area contributed by atoms with Crippen molar-refractivity contribution < 1.29 is 4.79 Å². The number of rotatable bonds is 5. The van der Waals surface area contributed by atoms with E-state index in [9.17, 15) is 4.79 Å². The first-order valence-electron chi connectivity index (χ1n) is 9.28. The number of hydrogen-bond acceptors (Lipinski definition) is 6. The van der Waals surface area contributed by atoms with Crippen molar-refractivity contribution in [2.45, 2.75) is 56.4 Å². The second-order valence-corrected chi connectivity index (χ2v) is 9.55. The minimum absolute atomic E-state index is 0.151. The van der Waals surface area contributed by atoms with Crippen LogP contribution in [0.2, 0.25) is 0 Å². The minimum atomic E-state index is -0.151. The maximum atomic E-state index is 13.0. The number of likely N-dealkylation sites (tertiary alicyclic amines) is 1. The lowest BCUT2D eigenvalue weighted by molar-refractivity contribution is -0.131. The number of fused-ring (bicyclic) bond motifs is 1. The fraction of sp³-hybridized carbons (Fsp3) is 0.632. The van der Waals surface area contributed by atoms with Crippen LogP contribution in [0.3, 0.4) is 0 Å². The van der Waals surface area contributed by atoms with Gasteiger partial charge in [0.25, 0.3) is 0 Å². The largest absolute Gasteiger partial charge is 0.342 e. The maximum Gasteiger partial charge on any atom is 0.235 e. The first kappa shape index (κ1) is 19.6. The minimum Gasteiger partial charge on any atom is -0.342 e. The first-order valence-corrected chi connectivity index (χ1v) is 11.0. The van der Waals surface area contributed by atoms with E-state index in [1.165, 1.54) is 4.88 Å². The summed E-state index contributed by atoms with van der Waals surface area (Å²) in [5.74, 6) is 0.965. The van der Waals surface area contributed by atoms with Gasteiger partial charge in [0.1, 0.15) is 15.7 Å². The third kappa shape index (κ3) is 4.21. The first-order chi connectivity index (χ1) is 12.4.